The number of fused-ring (bicyclic) bond motifs is 1. The van der Waals surface area contributed by atoms with E-state index in [0.29, 0.717) is 23.2 Å². The fourth-order valence-electron chi connectivity index (χ4n) is 2.98. The number of rotatable bonds is 9. The van der Waals surface area contributed by atoms with Crippen LogP contribution in [0, 0.1) is 0 Å². The van der Waals surface area contributed by atoms with Crippen molar-refractivity contribution in [3.8, 4) is 0 Å². The van der Waals surface area contributed by atoms with Crippen molar-refractivity contribution in [3.05, 3.63) is 65.7 Å². The summed E-state index contributed by atoms with van der Waals surface area (Å²) in [4.78, 5) is 14.1. The molecule has 5 N–H and O–H groups in total. The van der Waals surface area contributed by atoms with Gasteiger partial charge in [-0.15, -0.1) is 0 Å². The molecule has 0 atom stereocenters. The van der Waals surface area contributed by atoms with E-state index in [-0.39, 0.29) is 6.61 Å². The van der Waals surface area contributed by atoms with Gasteiger partial charge in [-0.3, -0.25) is 0 Å². The second-order valence-electron chi connectivity index (χ2n) is 8.02. The molecular formula is C23H26N6OS2. The van der Waals surface area contributed by atoms with Gasteiger partial charge in [0.15, 0.2) is 21.8 Å². The quantitative estimate of drug-likeness (QED) is 0.159. The summed E-state index contributed by atoms with van der Waals surface area (Å²) in [7, 11) is 0. The Morgan fingerprint density at radius 3 is 2.53 bits per heavy atom. The number of aromatic nitrogens is 3. The van der Waals surface area contributed by atoms with Gasteiger partial charge >= 0.3 is 0 Å². The number of nitrogens with one attached hydrogen (secondary N) is 2. The van der Waals surface area contributed by atoms with Gasteiger partial charge in [0.2, 0.25) is 0 Å². The number of aliphatic hydroxyl groups excluding tert-OH is 1. The van der Waals surface area contributed by atoms with E-state index < -0.39 is 5.54 Å². The molecule has 0 fully saturated rings. The molecule has 0 aliphatic rings. The highest BCUT2D eigenvalue weighted by Gasteiger charge is 2.21. The molecule has 7 nitrogen and oxygen atoms in total. The Morgan fingerprint density at radius 1 is 1.03 bits per heavy atom. The lowest BCUT2D eigenvalue weighted by atomic mass is 10.1. The minimum Gasteiger partial charge on any atom is -0.398 e. The Balaban J connectivity index is 1.61. The molecule has 32 heavy (non-hydrogen) atoms. The van der Waals surface area contributed by atoms with Gasteiger partial charge in [-0.05, 0) is 31.0 Å². The van der Waals surface area contributed by atoms with Crippen molar-refractivity contribution in [2.24, 2.45) is 0 Å². The third-order valence-corrected chi connectivity index (χ3v) is 6.71. The molecule has 0 aliphatic carbocycles. The number of thioether (sulfide) groups is 1. The highest BCUT2D eigenvalue weighted by molar-refractivity contribution is 7.98. The Kier molecular flexibility index (Phi) is 6.78. The van der Waals surface area contributed by atoms with E-state index in [1.165, 1.54) is 16.9 Å². The van der Waals surface area contributed by atoms with Gasteiger partial charge in [-0.2, -0.15) is 4.98 Å². The van der Waals surface area contributed by atoms with E-state index in [1.807, 2.05) is 56.3 Å². The van der Waals surface area contributed by atoms with E-state index in [9.17, 15) is 5.11 Å². The summed E-state index contributed by atoms with van der Waals surface area (Å²) in [6.07, 6.45) is 0. The lowest BCUT2D eigenvalue weighted by Gasteiger charge is -2.24. The molecule has 0 amide bonds. The Hall–Kier alpha value is -2.88. The van der Waals surface area contributed by atoms with Gasteiger partial charge in [-0.1, -0.05) is 71.6 Å². The number of hydrogen-bond donors (Lipinski definition) is 4. The van der Waals surface area contributed by atoms with Crippen molar-refractivity contribution in [2.45, 2.75) is 36.8 Å². The number of nitrogens with two attached hydrogens (primary N) is 1. The first kappa shape index (κ1) is 22.3. The summed E-state index contributed by atoms with van der Waals surface area (Å²) in [5.74, 6) is 1.44. The largest absolute Gasteiger partial charge is 0.398 e. The van der Waals surface area contributed by atoms with E-state index in [4.69, 9.17) is 10.7 Å². The molecule has 2 aromatic carbocycles. The average molecular weight is 467 g/mol. The van der Waals surface area contributed by atoms with Gasteiger partial charge in [-0.25, -0.2) is 9.97 Å². The molecule has 2 heterocycles. The maximum atomic E-state index is 9.74. The van der Waals surface area contributed by atoms with E-state index in [1.54, 1.807) is 11.8 Å². The molecule has 4 aromatic rings. The second kappa shape index (κ2) is 9.72. The molecular weight excluding hydrogens is 440 g/mol. The molecule has 0 saturated heterocycles. The summed E-state index contributed by atoms with van der Waals surface area (Å²) in [6.45, 7) is 4.40. The fraction of sp³-hybridized carbons (Fsp3) is 0.261. The maximum absolute atomic E-state index is 9.74. The summed E-state index contributed by atoms with van der Waals surface area (Å²) in [5.41, 5.74) is 9.11. The van der Waals surface area contributed by atoms with Crippen molar-refractivity contribution >= 4 is 50.1 Å². The molecule has 2 aromatic heterocycles. The van der Waals surface area contributed by atoms with Crippen molar-refractivity contribution in [2.75, 3.05) is 23.0 Å². The van der Waals surface area contributed by atoms with Gasteiger partial charge in [0.25, 0.3) is 0 Å². The first-order chi connectivity index (χ1) is 15.4. The topological polar surface area (TPSA) is 109 Å². The minimum absolute atomic E-state index is 0.0256. The van der Waals surface area contributed by atoms with Crippen molar-refractivity contribution in [1.82, 2.24) is 15.0 Å². The molecule has 166 valence electrons. The van der Waals surface area contributed by atoms with E-state index >= 15 is 0 Å². The fourth-order valence-corrected chi connectivity index (χ4v) is 4.62. The molecule has 0 spiro atoms. The molecule has 0 unspecified atom stereocenters. The molecule has 9 heteroatoms. The smallest absolute Gasteiger partial charge is 0.191 e. The maximum Gasteiger partial charge on any atom is 0.191 e. The number of para-hydroxylation sites is 1. The summed E-state index contributed by atoms with van der Waals surface area (Å²) in [5, 5.41) is 17.8. The van der Waals surface area contributed by atoms with Gasteiger partial charge in [0.05, 0.1) is 12.1 Å². The number of benzene rings is 2. The van der Waals surface area contributed by atoms with E-state index in [0.717, 1.165) is 26.8 Å². The highest BCUT2D eigenvalue weighted by Crippen LogP contribution is 2.34. The zero-order chi connectivity index (χ0) is 22.6. The van der Waals surface area contributed by atoms with Crippen LogP contribution in [0.4, 0.5) is 16.6 Å². The molecule has 0 aliphatic heterocycles. The van der Waals surface area contributed by atoms with Crippen molar-refractivity contribution in [3.63, 3.8) is 0 Å². The molecule has 0 saturated carbocycles. The number of nitrogens with zero attached hydrogens (tertiary/aromatic N) is 3. The molecule has 4 rings (SSSR count). The van der Waals surface area contributed by atoms with Gasteiger partial charge in [0.1, 0.15) is 4.70 Å². The molecule has 0 bridgehead atoms. The van der Waals surface area contributed by atoms with Crippen LogP contribution in [0.3, 0.4) is 0 Å². The Labute approximate surface area is 195 Å². The SMILES string of the molecule is CC(C)(CO)Nc1nc(SCc2ccccc2)nc2nc(NCc3ccccc3N)sc12. The van der Waals surface area contributed by atoms with Crippen LogP contribution >= 0.6 is 23.1 Å². The monoisotopic (exact) mass is 466 g/mol. The zero-order valence-electron chi connectivity index (χ0n) is 18.0. The lowest BCUT2D eigenvalue weighted by Crippen LogP contribution is -2.35. The predicted molar refractivity (Wildman–Crippen MR) is 134 cm³/mol. The van der Waals surface area contributed by atoms with E-state index in [2.05, 4.69) is 32.7 Å². The summed E-state index contributed by atoms with van der Waals surface area (Å²) < 4.78 is 0.846. The van der Waals surface area contributed by atoms with Gasteiger partial charge in [0, 0.05) is 18.0 Å². The van der Waals surface area contributed by atoms with Gasteiger partial charge < -0.3 is 21.5 Å². The zero-order valence-corrected chi connectivity index (χ0v) is 19.6. The number of nitrogen functional groups attached to an aromatic ring is 1. The third-order valence-electron chi connectivity index (χ3n) is 4.78. The highest BCUT2D eigenvalue weighted by atomic mass is 32.2. The van der Waals surface area contributed by atoms with Crippen LogP contribution < -0.4 is 16.4 Å². The number of thiazole rings is 1. The predicted octanol–water partition coefficient (Wildman–Crippen LogP) is 4.76. The Morgan fingerprint density at radius 2 is 1.78 bits per heavy atom. The van der Waals surface area contributed by atoms with Crippen LogP contribution in [0.2, 0.25) is 0 Å². The van der Waals surface area contributed by atoms with Crippen LogP contribution in [-0.4, -0.2) is 32.2 Å². The van der Waals surface area contributed by atoms with Crippen molar-refractivity contribution < 1.29 is 5.11 Å². The first-order valence-electron chi connectivity index (χ1n) is 10.2. The Bertz CT molecular complexity index is 1200. The molecule has 0 radical (unpaired) electrons. The lowest BCUT2D eigenvalue weighted by molar-refractivity contribution is 0.234. The van der Waals surface area contributed by atoms with Crippen molar-refractivity contribution in [1.29, 1.82) is 0 Å². The number of hydrogen-bond acceptors (Lipinski definition) is 9. The van der Waals surface area contributed by atoms with Crippen LogP contribution in [0.5, 0.6) is 0 Å². The standard InChI is InChI=1S/C23H26N6OS2/c1-23(2,14-30)29-20-18-19(27-22(28-20)31-13-15-8-4-3-5-9-15)26-21(32-18)25-12-16-10-6-7-11-17(16)24/h3-11,30H,12-14,24H2,1-2H3,(H2,25,26,27,28,29). The minimum atomic E-state index is -0.529. The normalized spacial score (nSPS) is 11.6. The number of anilines is 3. The third kappa shape index (κ3) is 5.48. The van der Waals surface area contributed by atoms with Crippen LogP contribution in [0.1, 0.15) is 25.0 Å². The summed E-state index contributed by atoms with van der Waals surface area (Å²) >= 11 is 3.04. The van der Waals surface area contributed by atoms with Crippen LogP contribution in [0.15, 0.2) is 59.8 Å². The number of aliphatic hydroxyl groups is 1. The average Bonchev–Trinajstić information content (AvgIpc) is 3.21. The second-order valence-corrected chi connectivity index (χ2v) is 9.96. The van der Waals surface area contributed by atoms with Crippen LogP contribution in [0.25, 0.3) is 10.3 Å². The first-order valence-corrected chi connectivity index (χ1v) is 12.1. The van der Waals surface area contributed by atoms with Crippen LogP contribution in [-0.2, 0) is 12.3 Å². The summed E-state index contributed by atoms with van der Waals surface area (Å²) in [6, 6.07) is 18.0.